The minimum Gasteiger partial charge on any atom is -0.239 e. The molecule has 1 aliphatic carbocycles. The lowest BCUT2D eigenvalue weighted by Crippen LogP contribution is -2.34. The van der Waals surface area contributed by atoms with Crippen LogP contribution in [0.2, 0.25) is 0 Å². The van der Waals surface area contributed by atoms with Gasteiger partial charge in [0.05, 0.1) is 5.56 Å². The molecular formula is C24H27F2N2+. The average Bonchev–Trinajstić information content (AvgIpc) is 2.98. The number of halogens is 2. The Morgan fingerprint density at radius 1 is 1.11 bits per heavy atom. The Bertz CT molecular complexity index is 1090. The summed E-state index contributed by atoms with van der Waals surface area (Å²) in [4.78, 5) is 4.94. The molecule has 0 amide bonds. The summed E-state index contributed by atoms with van der Waals surface area (Å²) in [5.41, 5.74) is 9.74. The van der Waals surface area contributed by atoms with Gasteiger partial charge in [-0.05, 0) is 62.8 Å². The van der Waals surface area contributed by atoms with E-state index in [9.17, 15) is 8.78 Å². The highest BCUT2D eigenvalue weighted by Crippen LogP contribution is 2.45. The minimum atomic E-state index is -2.56. The molecule has 3 aromatic rings. The Labute approximate surface area is 165 Å². The summed E-state index contributed by atoms with van der Waals surface area (Å²) >= 11 is 0. The number of aryl methyl sites for hydroxylation is 4. The lowest BCUT2D eigenvalue weighted by molar-refractivity contribution is -0.634. The monoisotopic (exact) mass is 381 g/mol. The van der Waals surface area contributed by atoms with Crippen molar-refractivity contribution in [2.75, 3.05) is 0 Å². The van der Waals surface area contributed by atoms with Gasteiger partial charge in [0.15, 0.2) is 0 Å². The molecule has 4 rings (SSSR count). The Morgan fingerprint density at radius 2 is 1.86 bits per heavy atom. The zero-order valence-electron chi connectivity index (χ0n) is 17.2. The molecule has 0 N–H and O–H groups in total. The largest absolute Gasteiger partial charge is 0.248 e. The first-order valence-corrected chi connectivity index (χ1v) is 9.93. The quantitative estimate of drug-likeness (QED) is 0.508. The number of rotatable bonds is 2. The van der Waals surface area contributed by atoms with E-state index in [1.54, 1.807) is 0 Å². The van der Waals surface area contributed by atoms with Gasteiger partial charge in [-0.2, -0.15) is 4.57 Å². The van der Waals surface area contributed by atoms with Crippen molar-refractivity contribution >= 4 is 11.0 Å². The third-order valence-electron chi connectivity index (χ3n) is 6.28. The van der Waals surface area contributed by atoms with Crippen molar-refractivity contribution in [1.82, 2.24) is 4.98 Å². The average molecular weight is 381 g/mol. The summed E-state index contributed by atoms with van der Waals surface area (Å²) in [5, 5.41) is 0. The molecule has 28 heavy (non-hydrogen) atoms. The van der Waals surface area contributed by atoms with Crippen molar-refractivity contribution in [2.45, 2.75) is 58.8 Å². The van der Waals surface area contributed by atoms with Crippen LogP contribution in [0.25, 0.3) is 22.3 Å². The lowest BCUT2D eigenvalue weighted by atomic mass is 9.94. The molecule has 1 unspecified atom stereocenters. The molecule has 0 bridgehead atoms. The van der Waals surface area contributed by atoms with Gasteiger partial charge in [0.1, 0.15) is 18.3 Å². The molecule has 146 valence electrons. The number of benzene rings is 2. The third kappa shape index (κ3) is 3.09. The Kier molecular flexibility index (Phi) is 4.48. The van der Waals surface area contributed by atoms with Gasteiger partial charge in [0.25, 0.3) is 0 Å². The van der Waals surface area contributed by atoms with Gasteiger partial charge in [-0.15, -0.1) is 0 Å². The van der Waals surface area contributed by atoms with E-state index in [4.69, 9.17) is 4.98 Å². The van der Waals surface area contributed by atoms with Crippen molar-refractivity contribution in [1.29, 1.82) is 0 Å². The van der Waals surface area contributed by atoms with Crippen molar-refractivity contribution in [2.24, 2.45) is 7.05 Å². The highest BCUT2D eigenvalue weighted by molar-refractivity contribution is 5.78. The fourth-order valence-corrected chi connectivity index (χ4v) is 4.73. The van der Waals surface area contributed by atoms with E-state index in [1.807, 2.05) is 25.1 Å². The van der Waals surface area contributed by atoms with Crippen LogP contribution in [0.5, 0.6) is 0 Å². The van der Waals surface area contributed by atoms with Gasteiger partial charge in [0, 0.05) is 18.9 Å². The second-order valence-electron chi connectivity index (χ2n) is 8.37. The molecule has 1 aromatic heterocycles. The maximum atomic E-state index is 13.8. The van der Waals surface area contributed by atoms with E-state index >= 15 is 0 Å². The molecule has 2 aromatic carbocycles. The topological polar surface area (TPSA) is 16.8 Å². The summed E-state index contributed by atoms with van der Waals surface area (Å²) in [6.07, 6.45) is 0.419. The number of nitrogens with zero attached hydrogens (tertiary/aromatic N) is 2. The van der Waals surface area contributed by atoms with E-state index in [0.29, 0.717) is 6.42 Å². The van der Waals surface area contributed by atoms with Crippen LogP contribution >= 0.6 is 0 Å². The van der Waals surface area contributed by atoms with Crippen LogP contribution in [0.3, 0.4) is 0 Å². The van der Waals surface area contributed by atoms with Crippen LogP contribution in [0.15, 0.2) is 30.3 Å². The lowest BCUT2D eigenvalue weighted by Gasteiger charge is -2.15. The molecule has 1 saturated carbocycles. The Morgan fingerprint density at radius 3 is 2.54 bits per heavy atom. The number of aromatic nitrogens is 2. The van der Waals surface area contributed by atoms with Crippen molar-refractivity contribution in [3.8, 4) is 11.3 Å². The molecule has 0 spiro atoms. The SMILES string of the molecule is Cc1cc(C)c(C)c(-c2c(C)nc3c(C4CCC(F)(F)C4)cccc3[n+]2C)c1. The van der Waals surface area contributed by atoms with E-state index in [2.05, 4.69) is 44.5 Å². The zero-order valence-corrected chi connectivity index (χ0v) is 17.2. The number of alkyl halides is 2. The molecule has 4 heteroatoms. The van der Waals surface area contributed by atoms with Gasteiger partial charge in [-0.3, -0.25) is 0 Å². The zero-order chi connectivity index (χ0) is 20.2. The maximum absolute atomic E-state index is 13.8. The van der Waals surface area contributed by atoms with Crippen LogP contribution in [-0.2, 0) is 7.05 Å². The van der Waals surface area contributed by atoms with Crippen LogP contribution in [0, 0.1) is 27.7 Å². The number of hydrogen-bond acceptors (Lipinski definition) is 1. The Balaban J connectivity index is 1.94. The van der Waals surface area contributed by atoms with Crippen LogP contribution in [0.1, 0.15) is 53.1 Å². The summed E-state index contributed by atoms with van der Waals surface area (Å²) in [5.74, 6) is -2.68. The second-order valence-corrected chi connectivity index (χ2v) is 8.37. The summed E-state index contributed by atoms with van der Waals surface area (Å²) < 4.78 is 29.8. The smallest absolute Gasteiger partial charge is 0.239 e. The van der Waals surface area contributed by atoms with Gasteiger partial charge < -0.3 is 0 Å². The first-order valence-electron chi connectivity index (χ1n) is 9.93. The summed E-state index contributed by atoms with van der Waals surface area (Å²) in [6, 6.07) is 10.4. The van der Waals surface area contributed by atoms with E-state index in [-0.39, 0.29) is 18.8 Å². The second kappa shape index (κ2) is 6.61. The maximum Gasteiger partial charge on any atom is 0.248 e. The standard InChI is InChI=1S/C24H27F2N2/c1-14-11-15(2)16(3)20(12-14)23-17(4)27-22-19(7-6-8-21(22)28(23)5)18-9-10-24(25,26)13-18/h6-8,11-12,18H,9-10,13H2,1-5H3/q+1. The van der Waals surface area contributed by atoms with Gasteiger partial charge in [-0.25, -0.2) is 13.8 Å². The number of para-hydroxylation sites is 1. The van der Waals surface area contributed by atoms with Crippen LogP contribution in [-0.4, -0.2) is 10.9 Å². The van der Waals surface area contributed by atoms with Gasteiger partial charge >= 0.3 is 0 Å². The molecule has 2 nitrogen and oxygen atoms in total. The molecule has 0 radical (unpaired) electrons. The van der Waals surface area contributed by atoms with E-state index in [0.717, 1.165) is 28.0 Å². The minimum absolute atomic E-state index is 0.0288. The van der Waals surface area contributed by atoms with E-state index < -0.39 is 5.92 Å². The molecule has 1 heterocycles. The van der Waals surface area contributed by atoms with Crippen LogP contribution in [0.4, 0.5) is 8.78 Å². The highest BCUT2D eigenvalue weighted by Gasteiger charge is 2.41. The molecule has 1 fully saturated rings. The predicted octanol–water partition coefficient (Wildman–Crippen LogP) is 5.86. The summed E-state index contributed by atoms with van der Waals surface area (Å²) in [6.45, 7) is 8.41. The highest BCUT2D eigenvalue weighted by atomic mass is 19.3. The third-order valence-corrected chi connectivity index (χ3v) is 6.28. The molecule has 0 saturated heterocycles. The van der Waals surface area contributed by atoms with Crippen LogP contribution < -0.4 is 4.57 Å². The fourth-order valence-electron chi connectivity index (χ4n) is 4.73. The first kappa shape index (κ1) is 19.0. The van der Waals surface area contributed by atoms with Crippen molar-refractivity contribution in [3.05, 3.63) is 58.3 Å². The van der Waals surface area contributed by atoms with Crippen molar-refractivity contribution < 1.29 is 13.3 Å². The fraction of sp³-hybridized carbons (Fsp3) is 0.417. The molecule has 1 aliphatic rings. The Hall–Kier alpha value is -2.36. The first-order chi connectivity index (χ1) is 13.2. The normalized spacial score (nSPS) is 18.8. The molecule has 0 aliphatic heterocycles. The number of fused-ring (bicyclic) bond motifs is 1. The van der Waals surface area contributed by atoms with Crippen molar-refractivity contribution in [3.63, 3.8) is 0 Å². The molecular weight excluding hydrogens is 354 g/mol. The van der Waals surface area contributed by atoms with Gasteiger partial charge in [-0.1, -0.05) is 23.8 Å². The van der Waals surface area contributed by atoms with E-state index in [1.165, 1.54) is 22.3 Å². The predicted molar refractivity (Wildman–Crippen MR) is 109 cm³/mol. The van der Waals surface area contributed by atoms with Gasteiger partial charge in [0.2, 0.25) is 17.1 Å². The molecule has 1 atom stereocenters. The number of hydrogen-bond donors (Lipinski definition) is 0. The summed E-state index contributed by atoms with van der Waals surface area (Å²) in [7, 11) is 2.05.